The zero-order valence-corrected chi connectivity index (χ0v) is 5.15. The molecule has 0 heteroatoms. The Labute approximate surface area is 50.2 Å². The maximum atomic E-state index is 2.97. The minimum absolute atomic E-state index is 1.19. The van der Waals surface area contributed by atoms with E-state index in [0.717, 1.165) is 0 Å². The molecule has 0 saturated carbocycles. The normalized spacial score (nSPS) is 9.25. The lowest BCUT2D eigenvalue weighted by atomic mass is 10.1. The Bertz CT molecular complexity index is 156. The van der Waals surface area contributed by atoms with E-state index in [2.05, 4.69) is 19.1 Å². The summed E-state index contributed by atoms with van der Waals surface area (Å²) in [6, 6.07) is 9.76. The van der Waals surface area contributed by atoms with Crippen LogP contribution >= 0.6 is 0 Å². The predicted molar refractivity (Wildman–Crippen MR) is 33.6 cm³/mol. The second-order valence-corrected chi connectivity index (χ2v) is 1.91. The van der Waals surface area contributed by atoms with Crippen molar-refractivity contribution in [1.82, 2.24) is 0 Å². The molecule has 0 fully saturated rings. The lowest BCUT2D eigenvalue weighted by Crippen LogP contribution is -1.76. The molecule has 1 aromatic rings. The fraction of sp³-hybridized carbons (Fsp3) is 0.250. The van der Waals surface area contributed by atoms with Crippen LogP contribution in [0, 0.1) is 26.0 Å². The predicted octanol–water partition coefficient (Wildman–Crippen LogP) is 1.90. The van der Waals surface area contributed by atoms with E-state index in [4.69, 9.17) is 0 Å². The minimum Gasteiger partial charge on any atom is -0.0584 e. The van der Waals surface area contributed by atoms with Gasteiger partial charge in [0.25, 0.3) is 0 Å². The number of rotatable bonds is 0. The van der Waals surface area contributed by atoms with Crippen LogP contribution in [0.3, 0.4) is 0 Å². The largest absolute Gasteiger partial charge is 0.0584 e. The van der Waals surface area contributed by atoms with Crippen LogP contribution in [0.4, 0.5) is 0 Å². The first kappa shape index (κ1) is 5.36. The second kappa shape index (κ2) is 1.99. The van der Waals surface area contributed by atoms with Crippen LogP contribution in [0.25, 0.3) is 0 Å². The fourth-order valence-corrected chi connectivity index (χ4v) is 0.540. The molecule has 0 atom stereocenters. The van der Waals surface area contributed by atoms with Gasteiger partial charge in [-0.15, -0.1) is 0 Å². The van der Waals surface area contributed by atoms with E-state index >= 15 is 0 Å². The highest BCUT2D eigenvalue weighted by Crippen LogP contribution is 2.01. The lowest BCUT2D eigenvalue weighted by Gasteiger charge is -1.92. The molecular formula is C8H8. The molecule has 0 spiro atoms. The van der Waals surface area contributed by atoms with Gasteiger partial charge in [0, 0.05) is 0 Å². The van der Waals surface area contributed by atoms with Crippen molar-refractivity contribution in [3.63, 3.8) is 0 Å². The van der Waals surface area contributed by atoms with Crippen molar-refractivity contribution < 1.29 is 0 Å². The van der Waals surface area contributed by atoms with E-state index in [1.165, 1.54) is 11.1 Å². The van der Waals surface area contributed by atoms with Crippen molar-refractivity contribution in [2.45, 2.75) is 13.8 Å². The van der Waals surface area contributed by atoms with Gasteiger partial charge >= 0.3 is 0 Å². The number of hydrogen-bond donors (Lipinski definition) is 0. The van der Waals surface area contributed by atoms with E-state index < -0.39 is 0 Å². The van der Waals surface area contributed by atoms with Crippen molar-refractivity contribution in [2.24, 2.45) is 0 Å². The van der Waals surface area contributed by atoms with Crippen molar-refractivity contribution in [3.05, 3.63) is 35.4 Å². The molecule has 0 aliphatic carbocycles. The van der Waals surface area contributed by atoms with E-state index in [1.807, 2.05) is 19.1 Å². The number of benzene rings is 1. The molecule has 0 amide bonds. The topological polar surface area (TPSA) is 0 Å². The third-order valence-electron chi connectivity index (χ3n) is 1.27. The Hall–Kier alpha value is -0.780. The number of hydrogen-bond acceptors (Lipinski definition) is 0. The Morgan fingerprint density at radius 2 is 2.12 bits per heavy atom. The zero-order valence-electron chi connectivity index (χ0n) is 5.15. The van der Waals surface area contributed by atoms with Crippen LogP contribution in [-0.2, 0) is 0 Å². The molecule has 0 heterocycles. The summed E-state index contributed by atoms with van der Waals surface area (Å²) in [7, 11) is 0. The molecule has 8 heavy (non-hydrogen) atoms. The van der Waals surface area contributed by atoms with Crippen molar-refractivity contribution in [1.29, 1.82) is 0 Å². The molecule has 0 unspecified atom stereocenters. The summed E-state index contributed by atoms with van der Waals surface area (Å²) >= 11 is 0. The van der Waals surface area contributed by atoms with Gasteiger partial charge in [0.2, 0.25) is 0 Å². The smallest absolute Gasteiger partial charge is 0.00642 e. The van der Waals surface area contributed by atoms with E-state index in [1.54, 1.807) is 0 Å². The molecule has 0 nitrogen and oxygen atoms in total. The molecule has 1 rings (SSSR count). The van der Waals surface area contributed by atoms with Gasteiger partial charge in [0.05, 0.1) is 0 Å². The number of aryl methyl sites for hydroxylation is 2. The van der Waals surface area contributed by atoms with Crippen LogP contribution in [0.1, 0.15) is 11.1 Å². The van der Waals surface area contributed by atoms with Gasteiger partial charge in [0.1, 0.15) is 0 Å². The summed E-state index contributed by atoms with van der Waals surface area (Å²) in [6.07, 6.45) is 0. The van der Waals surface area contributed by atoms with Crippen LogP contribution in [0.15, 0.2) is 12.1 Å². The van der Waals surface area contributed by atoms with Crippen LogP contribution in [0.5, 0.6) is 0 Å². The fourth-order valence-electron chi connectivity index (χ4n) is 0.540. The van der Waals surface area contributed by atoms with Crippen LogP contribution in [-0.4, -0.2) is 0 Å². The first-order chi connectivity index (χ1) is 3.80. The zero-order chi connectivity index (χ0) is 5.98. The van der Waals surface area contributed by atoms with Crippen molar-refractivity contribution >= 4 is 0 Å². The highest BCUT2D eigenvalue weighted by atomic mass is 13.9. The molecule has 2 radical (unpaired) electrons. The Balaban J connectivity index is 3.13. The van der Waals surface area contributed by atoms with Gasteiger partial charge in [-0.05, 0) is 37.1 Å². The second-order valence-electron chi connectivity index (χ2n) is 1.91. The first-order valence-corrected chi connectivity index (χ1v) is 2.66. The van der Waals surface area contributed by atoms with E-state index in [0.29, 0.717) is 0 Å². The van der Waals surface area contributed by atoms with Gasteiger partial charge in [0.15, 0.2) is 0 Å². The van der Waals surface area contributed by atoms with Gasteiger partial charge in [-0.2, -0.15) is 0 Å². The first-order valence-electron chi connectivity index (χ1n) is 2.66. The molecule has 0 aliphatic rings. The molecule has 40 valence electrons. The summed E-state index contributed by atoms with van der Waals surface area (Å²) in [6.45, 7) is 4.10. The maximum absolute atomic E-state index is 2.97. The summed E-state index contributed by atoms with van der Waals surface area (Å²) < 4.78 is 0. The summed E-state index contributed by atoms with van der Waals surface area (Å²) in [5, 5.41) is 0. The maximum Gasteiger partial charge on any atom is -0.00642 e. The minimum atomic E-state index is 1.19. The Morgan fingerprint density at radius 3 is 2.50 bits per heavy atom. The third kappa shape index (κ3) is 0.890. The van der Waals surface area contributed by atoms with Crippen LogP contribution in [0.2, 0.25) is 0 Å². The average Bonchev–Trinajstić information content (AvgIpc) is 1.77. The SMILES string of the molecule is Cc1[c][c]ccc1C. The summed E-state index contributed by atoms with van der Waals surface area (Å²) in [5.41, 5.74) is 2.47. The molecular weight excluding hydrogens is 96.1 g/mol. The van der Waals surface area contributed by atoms with E-state index in [9.17, 15) is 0 Å². The van der Waals surface area contributed by atoms with Crippen LogP contribution < -0.4 is 0 Å². The Morgan fingerprint density at radius 1 is 1.38 bits per heavy atom. The quantitative estimate of drug-likeness (QED) is 0.471. The van der Waals surface area contributed by atoms with Gasteiger partial charge in [-0.25, -0.2) is 0 Å². The van der Waals surface area contributed by atoms with Gasteiger partial charge < -0.3 is 0 Å². The Kier molecular flexibility index (Phi) is 1.34. The van der Waals surface area contributed by atoms with Crippen molar-refractivity contribution in [2.75, 3.05) is 0 Å². The average molecular weight is 104 g/mol. The van der Waals surface area contributed by atoms with E-state index in [-0.39, 0.29) is 0 Å². The summed E-state index contributed by atoms with van der Waals surface area (Å²) in [5.74, 6) is 0. The molecule has 0 bridgehead atoms. The standard InChI is InChI=1S/C8H8/c1-7-5-3-4-6-8(7)2/h3,5H,1-2H3. The molecule has 0 aliphatic heterocycles. The van der Waals surface area contributed by atoms with Crippen molar-refractivity contribution in [3.8, 4) is 0 Å². The molecule has 0 N–H and O–H groups in total. The lowest BCUT2D eigenvalue weighted by molar-refractivity contribution is 1.33. The third-order valence-corrected chi connectivity index (χ3v) is 1.27. The molecule has 1 aromatic carbocycles. The highest BCUT2D eigenvalue weighted by molar-refractivity contribution is 5.21. The van der Waals surface area contributed by atoms with Gasteiger partial charge in [-0.3, -0.25) is 0 Å². The molecule has 0 aromatic heterocycles. The monoisotopic (exact) mass is 104 g/mol. The van der Waals surface area contributed by atoms with Gasteiger partial charge in [-0.1, -0.05) is 12.1 Å². The summed E-state index contributed by atoms with van der Waals surface area (Å²) in [4.78, 5) is 0. The molecule has 0 saturated heterocycles. The highest BCUT2D eigenvalue weighted by Gasteiger charge is 1.85.